The molecule has 2 heteroatoms. The lowest BCUT2D eigenvalue weighted by molar-refractivity contribution is 0.518. The second-order valence-electron chi connectivity index (χ2n) is 4.80. The number of hydrogen-bond acceptors (Lipinski definition) is 2. The van der Waals surface area contributed by atoms with E-state index in [4.69, 9.17) is 10.2 Å². The Morgan fingerprint density at radius 3 is 2.42 bits per heavy atom. The van der Waals surface area contributed by atoms with E-state index in [0.29, 0.717) is 12.5 Å². The molecule has 19 heavy (non-hydrogen) atoms. The molecule has 1 unspecified atom stereocenters. The molecule has 1 atom stereocenters. The zero-order valence-electron chi connectivity index (χ0n) is 10.8. The molecule has 0 aliphatic rings. The van der Waals surface area contributed by atoms with Gasteiger partial charge in [0.1, 0.15) is 11.3 Å². The maximum absolute atomic E-state index is 5.91. The van der Waals surface area contributed by atoms with E-state index in [1.807, 2.05) is 24.3 Å². The molecule has 2 N–H and O–H groups in total. The largest absolute Gasteiger partial charge is 0.461 e. The average Bonchev–Trinajstić information content (AvgIpc) is 2.88. The Balaban J connectivity index is 1.86. The summed E-state index contributed by atoms with van der Waals surface area (Å²) in [5.74, 6) is 1.31. The monoisotopic (exact) mass is 251 g/mol. The molecule has 0 spiro atoms. The quantitative estimate of drug-likeness (QED) is 0.767. The van der Waals surface area contributed by atoms with Crippen molar-refractivity contribution in [3.8, 4) is 0 Å². The van der Waals surface area contributed by atoms with Crippen LogP contribution in [0.25, 0.3) is 11.0 Å². The number of para-hydroxylation sites is 1. The molecule has 0 saturated carbocycles. The Kier molecular flexibility index (Phi) is 3.34. The van der Waals surface area contributed by atoms with Crippen LogP contribution in [0.3, 0.4) is 0 Å². The van der Waals surface area contributed by atoms with Crippen molar-refractivity contribution in [2.75, 3.05) is 6.54 Å². The van der Waals surface area contributed by atoms with Crippen LogP contribution in [0.5, 0.6) is 0 Å². The Bertz CT molecular complexity index is 624. The topological polar surface area (TPSA) is 39.2 Å². The smallest absolute Gasteiger partial charge is 0.134 e. The van der Waals surface area contributed by atoms with Gasteiger partial charge in [-0.1, -0.05) is 48.5 Å². The molecule has 2 aromatic carbocycles. The van der Waals surface area contributed by atoms with Gasteiger partial charge in [0.25, 0.3) is 0 Å². The highest BCUT2D eigenvalue weighted by Crippen LogP contribution is 2.24. The van der Waals surface area contributed by atoms with Crippen molar-refractivity contribution in [2.45, 2.75) is 12.3 Å². The molecule has 2 nitrogen and oxygen atoms in total. The summed E-state index contributed by atoms with van der Waals surface area (Å²) in [5, 5.41) is 1.15. The molecule has 0 saturated heterocycles. The number of rotatable bonds is 4. The Labute approximate surface area is 112 Å². The van der Waals surface area contributed by atoms with Gasteiger partial charge in [0.2, 0.25) is 0 Å². The first-order chi connectivity index (χ1) is 9.36. The minimum atomic E-state index is 0.307. The molecule has 3 aromatic rings. The molecular weight excluding hydrogens is 234 g/mol. The predicted octanol–water partition coefficient (Wildman–Crippen LogP) is 3.72. The van der Waals surface area contributed by atoms with Gasteiger partial charge < -0.3 is 10.2 Å². The lowest BCUT2D eigenvalue weighted by atomic mass is 9.95. The van der Waals surface area contributed by atoms with Crippen molar-refractivity contribution >= 4 is 11.0 Å². The first-order valence-corrected chi connectivity index (χ1v) is 6.59. The van der Waals surface area contributed by atoms with Crippen LogP contribution in [-0.2, 0) is 6.42 Å². The molecule has 0 aliphatic carbocycles. The van der Waals surface area contributed by atoms with E-state index in [1.165, 1.54) is 5.56 Å². The molecule has 0 amide bonds. The maximum Gasteiger partial charge on any atom is 0.134 e. The van der Waals surface area contributed by atoms with Gasteiger partial charge in [0.05, 0.1) is 0 Å². The molecular formula is C17H17NO. The summed E-state index contributed by atoms with van der Waals surface area (Å²) in [4.78, 5) is 0. The molecule has 0 fully saturated rings. The lowest BCUT2D eigenvalue weighted by Crippen LogP contribution is -2.14. The zero-order valence-corrected chi connectivity index (χ0v) is 10.8. The fourth-order valence-electron chi connectivity index (χ4n) is 2.44. The number of nitrogens with two attached hydrogens (primary N) is 1. The molecule has 0 radical (unpaired) electrons. The number of furan rings is 1. The SMILES string of the molecule is NCC(Cc1cc2ccccc2o1)c1ccccc1. The van der Waals surface area contributed by atoms with Crippen molar-refractivity contribution in [3.63, 3.8) is 0 Å². The van der Waals surface area contributed by atoms with Crippen molar-refractivity contribution < 1.29 is 4.42 Å². The maximum atomic E-state index is 5.91. The van der Waals surface area contributed by atoms with Gasteiger partial charge in [-0.15, -0.1) is 0 Å². The Morgan fingerprint density at radius 2 is 1.68 bits per heavy atom. The van der Waals surface area contributed by atoms with Gasteiger partial charge in [-0.3, -0.25) is 0 Å². The van der Waals surface area contributed by atoms with Crippen LogP contribution in [-0.4, -0.2) is 6.54 Å². The fraction of sp³-hybridized carbons (Fsp3) is 0.176. The highest BCUT2D eigenvalue weighted by atomic mass is 16.3. The van der Waals surface area contributed by atoms with Crippen LogP contribution in [0.2, 0.25) is 0 Å². The zero-order chi connectivity index (χ0) is 13.1. The molecule has 96 valence electrons. The molecule has 0 bridgehead atoms. The highest BCUT2D eigenvalue weighted by Gasteiger charge is 2.13. The van der Waals surface area contributed by atoms with Gasteiger partial charge in [0.15, 0.2) is 0 Å². The Morgan fingerprint density at radius 1 is 0.947 bits per heavy atom. The minimum Gasteiger partial charge on any atom is -0.461 e. The van der Waals surface area contributed by atoms with Crippen LogP contribution >= 0.6 is 0 Å². The van der Waals surface area contributed by atoms with Crippen molar-refractivity contribution in [2.24, 2.45) is 5.73 Å². The van der Waals surface area contributed by atoms with E-state index in [0.717, 1.165) is 23.2 Å². The summed E-state index contributed by atoms with van der Waals surface area (Å²) < 4.78 is 5.87. The predicted molar refractivity (Wildman–Crippen MR) is 78.2 cm³/mol. The van der Waals surface area contributed by atoms with Gasteiger partial charge >= 0.3 is 0 Å². The van der Waals surface area contributed by atoms with E-state index >= 15 is 0 Å². The second kappa shape index (κ2) is 5.29. The normalized spacial score (nSPS) is 12.7. The summed E-state index contributed by atoms with van der Waals surface area (Å²) in [6.45, 7) is 0.626. The molecule has 3 rings (SSSR count). The lowest BCUT2D eigenvalue weighted by Gasteiger charge is -2.13. The average molecular weight is 251 g/mol. The minimum absolute atomic E-state index is 0.307. The Hall–Kier alpha value is -2.06. The fourth-order valence-corrected chi connectivity index (χ4v) is 2.44. The summed E-state index contributed by atoms with van der Waals surface area (Å²) >= 11 is 0. The molecule has 1 heterocycles. The summed E-state index contributed by atoms with van der Waals surface area (Å²) in [6.07, 6.45) is 0.842. The van der Waals surface area contributed by atoms with Crippen molar-refractivity contribution in [1.82, 2.24) is 0 Å². The second-order valence-corrected chi connectivity index (χ2v) is 4.80. The van der Waals surface area contributed by atoms with Gasteiger partial charge in [0, 0.05) is 17.7 Å². The van der Waals surface area contributed by atoms with Crippen molar-refractivity contribution in [1.29, 1.82) is 0 Å². The first kappa shape index (κ1) is 12.0. The summed E-state index contributed by atoms with van der Waals surface area (Å²) in [7, 11) is 0. The highest BCUT2D eigenvalue weighted by molar-refractivity contribution is 5.77. The van der Waals surface area contributed by atoms with Crippen LogP contribution < -0.4 is 5.73 Å². The van der Waals surface area contributed by atoms with E-state index in [-0.39, 0.29) is 0 Å². The van der Waals surface area contributed by atoms with E-state index < -0.39 is 0 Å². The van der Waals surface area contributed by atoms with Gasteiger partial charge in [-0.25, -0.2) is 0 Å². The third-order valence-corrected chi connectivity index (χ3v) is 3.48. The standard InChI is InChI=1S/C17H17NO/c18-12-15(13-6-2-1-3-7-13)11-16-10-14-8-4-5-9-17(14)19-16/h1-10,15H,11-12,18H2. The third kappa shape index (κ3) is 2.54. The van der Waals surface area contributed by atoms with Crippen LogP contribution in [0, 0.1) is 0 Å². The number of hydrogen-bond donors (Lipinski definition) is 1. The summed E-state index contributed by atoms with van der Waals surface area (Å²) in [5.41, 5.74) is 8.12. The number of benzene rings is 2. The van der Waals surface area contributed by atoms with Crippen LogP contribution in [0.4, 0.5) is 0 Å². The summed E-state index contributed by atoms with van der Waals surface area (Å²) in [6, 6.07) is 20.6. The van der Waals surface area contributed by atoms with Crippen molar-refractivity contribution in [3.05, 3.63) is 72.0 Å². The van der Waals surface area contributed by atoms with Gasteiger partial charge in [-0.05, 0) is 24.2 Å². The van der Waals surface area contributed by atoms with Crippen LogP contribution in [0.15, 0.2) is 65.1 Å². The third-order valence-electron chi connectivity index (χ3n) is 3.48. The number of fused-ring (bicyclic) bond motifs is 1. The molecule has 1 aromatic heterocycles. The van der Waals surface area contributed by atoms with E-state index in [2.05, 4.69) is 36.4 Å². The van der Waals surface area contributed by atoms with Gasteiger partial charge in [-0.2, -0.15) is 0 Å². The molecule has 0 aliphatic heterocycles. The van der Waals surface area contributed by atoms with E-state index in [1.54, 1.807) is 0 Å². The van der Waals surface area contributed by atoms with Crippen LogP contribution in [0.1, 0.15) is 17.2 Å². The van der Waals surface area contributed by atoms with E-state index in [9.17, 15) is 0 Å². The first-order valence-electron chi connectivity index (χ1n) is 6.59.